The van der Waals surface area contributed by atoms with Crippen LogP contribution in [0.5, 0.6) is 0 Å². The third-order valence-corrected chi connectivity index (χ3v) is 7.92. The van der Waals surface area contributed by atoms with Gasteiger partial charge < -0.3 is 9.64 Å². The normalized spacial score (nSPS) is 14.2. The number of nitrogens with zero attached hydrogens (tertiary/aromatic N) is 5. The molecule has 37 heavy (non-hydrogen) atoms. The first kappa shape index (κ1) is 23.4. The molecule has 4 aromatic rings. The average molecular weight is 512 g/mol. The second-order valence-electron chi connectivity index (χ2n) is 9.24. The van der Waals surface area contributed by atoms with Crippen molar-refractivity contribution in [1.82, 2.24) is 24.6 Å². The third-order valence-electron chi connectivity index (χ3n) is 6.90. The predicted octanol–water partition coefficient (Wildman–Crippen LogP) is 2.83. The first-order valence-corrected chi connectivity index (χ1v) is 13.1. The van der Waals surface area contributed by atoms with Gasteiger partial charge in [0, 0.05) is 42.2 Å². The molecule has 1 aliphatic carbocycles. The number of carbonyl (C=O) groups excluding carboxylic acids is 2. The van der Waals surface area contributed by atoms with Crippen LogP contribution >= 0.6 is 11.3 Å². The molecule has 2 amide bonds. The van der Waals surface area contributed by atoms with E-state index in [2.05, 4.69) is 15.3 Å². The van der Waals surface area contributed by atoms with Crippen LogP contribution in [0, 0.1) is 0 Å². The van der Waals surface area contributed by atoms with Crippen molar-refractivity contribution in [3.05, 3.63) is 59.5 Å². The van der Waals surface area contributed by atoms with E-state index < -0.39 is 6.09 Å². The first-order valence-electron chi connectivity index (χ1n) is 12.3. The SMILES string of the molecule is Bc1cc(C(=O)N2CCCC2)ccc1-n1nc(-c2cccnc2)c2c1-c1sc(NC(=O)OC)nc1CC2. The Bertz CT molecular complexity index is 1510. The van der Waals surface area contributed by atoms with Gasteiger partial charge in [-0.15, -0.1) is 0 Å². The largest absolute Gasteiger partial charge is 0.453 e. The van der Waals surface area contributed by atoms with E-state index in [0.717, 1.165) is 83.0 Å². The number of hydrogen-bond acceptors (Lipinski definition) is 7. The second kappa shape index (κ2) is 9.47. The topological polar surface area (TPSA) is 102 Å². The fourth-order valence-corrected chi connectivity index (χ4v) is 6.16. The molecule has 1 saturated heterocycles. The van der Waals surface area contributed by atoms with Crippen LogP contribution in [0.3, 0.4) is 0 Å². The minimum Gasteiger partial charge on any atom is -0.453 e. The van der Waals surface area contributed by atoms with Crippen molar-refractivity contribution in [2.45, 2.75) is 25.7 Å². The molecular weight excluding hydrogens is 487 g/mol. The van der Waals surface area contributed by atoms with E-state index >= 15 is 0 Å². The zero-order valence-electron chi connectivity index (χ0n) is 20.7. The molecule has 9 nitrogen and oxygen atoms in total. The van der Waals surface area contributed by atoms with Crippen LogP contribution in [0.2, 0.25) is 0 Å². The van der Waals surface area contributed by atoms with Gasteiger partial charge in [0.05, 0.1) is 34.8 Å². The number of benzene rings is 1. The number of rotatable bonds is 4. The number of amides is 2. The van der Waals surface area contributed by atoms with Gasteiger partial charge >= 0.3 is 6.09 Å². The predicted molar refractivity (Wildman–Crippen MR) is 145 cm³/mol. The molecule has 0 unspecified atom stereocenters. The number of anilines is 1. The Balaban J connectivity index is 1.48. The van der Waals surface area contributed by atoms with Gasteiger partial charge in [0.2, 0.25) is 0 Å². The summed E-state index contributed by atoms with van der Waals surface area (Å²) in [7, 11) is 3.34. The Labute approximate surface area is 218 Å². The van der Waals surface area contributed by atoms with Crippen LogP contribution in [0.25, 0.3) is 27.5 Å². The van der Waals surface area contributed by atoms with Gasteiger partial charge in [0.15, 0.2) is 5.13 Å². The number of nitrogens with one attached hydrogen (secondary N) is 1. The maximum atomic E-state index is 13.0. The number of pyridine rings is 1. The summed E-state index contributed by atoms with van der Waals surface area (Å²) in [6.07, 6.45) is 6.64. The third kappa shape index (κ3) is 4.19. The zero-order valence-corrected chi connectivity index (χ0v) is 21.5. The summed E-state index contributed by atoms with van der Waals surface area (Å²) in [6, 6.07) is 9.74. The summed E-state index contributed by atoms with van der Waals surface area (Å²) in [4.78, 5) is 36.7. The molecule has 2 aliphatic rings. The molecule has 0 spiro atoms. The van der Waals surface area contributed by atoms with Crippen molar-refractivity contribution < 1.29 is 14.3 Å². The summed E-state index contributed by atoms with van der Waals surface area (Å²) in [5, 5.41) is 8.27. The summed E-state index contributed by atoms with van der Waals surface area (Å²) in [6.45, 7) is 1.63. The monoisotopic (exact) mass is 512 g/mol. The highest BCUT2D eigenvalue weighted by Crippen LogP contribution is 2.43. The van der Waals surface area contributed by atoms with Crippen molar-refractivity contribution in [3.63, 3.8) is 0 Å². The molecule has 1 aromatic carbocycles. The van der Waals surface area contributed by atoms with Crippen molar-refractivity contribution in [2.75, 3.05) is 25.5 Å². The molecule has 11 heteroatoms. The van der Waals surface area contributed by atoms with Gasteiger partial charge in [0.1, 0.15) is 7.85 Å². The summed E-state index contributed by atoms with van der Waals surface area (Å²) in [5.74, 6) is 0.0777. The number of methoxy groups -OCH3 is 1. The molecule has 0 radical (unpaired) electrons. The van der Waals surface area contributed by atoms with Crippen LogP contribution in [0.15, 0.2) is 42.7 Å². The quantitative estimate of drug-likeness (QED) is 0.422. The Morgan fingerprint density at radius 3 is 2.73 bits per heavy atom. The molecular formula is C26H25BN6O3S. The second-order valence-corrected chi connectivity index (χ2v) is 10.2. The minimum absolute atomic E-state index is 0.0777. The van der Waals surface area contributed by atoms with Gasteiger partial charge in [-0.1, -0.05) is 22.9 Å². The minimum atomic E-state index is -0.551. The number of fused-ring (bicyclic) bond motifs is 3. The number of hydrogen-bond donors (Lipinski definition) is 1. The molecule has 3 aromatic heterocycles. The van der Waals surface area contributed by atoms with Gasteiger partial charge in [-0.2, -0.15) is 5.10 Å². The number of ether oxygens (including phenoxy) is 1. The maximum absolute atomic E-state index is 13.0. The van der Waals surface area contributed by atoms with Crippen molar-refractivity contribution in [1.29, 1.82) is 0 Å². The summed E-state index contributed by atoms with van der Waals surface area (Å²) < 4.78 is 6.71. The number of aromatic nitrogens is 4. The van der Waals surface area contributed by atoms with Crippen molar-refractivity contribution in [2.24, 2.45) is 0 Å². The van der Waals surface area contributed by atoms with E-state index in [9.17, 15) is 9.59 Å². The molecule has 1 aliphatic heterocycles. The molecule has 1 fully saturated rings. The van der Waals surface area contributed by atoms with Gasteiger partial charge in [0.25, 0.3) is 5.91 Å². The van der Waals surface area contributed by atoms with Crippen LogP contribution in [0.4, 0.5) is 9.93 Å². The van der Waals surface area contributed by atoms with E-state index in [-0.39, 0.29) is 5.91 Å². The van der Waals surface area contributed by atoms with Gasteiger partial charge in [-0.05, 0) is 49.9 Å². The summed E-state index contributed by atoms with van der Waals surface area (Å²) >= 11 is 1.41. The Morgan fingerprint density at radius 1 is 1.16 bits per heavy atom. The van der Waals surface area contributed by atoms with Crippen LogP contribution in [-0.2, 0) is 17.6 Å². The van der Waals surface area contributed by atoms with E-state index in [0.29, 0.717) is 10.7 Å². The van der Waals surface area contributed by atoms with Gasteiger partial charge in [-0.3, -0.25) is 15.1 Å². The maximum Gasteiger partial charge on any atom is 0.413 e. The highest BCUT2D eigenvalue weighted by atomic mass is 32.1. The fourth-order valence-electron chi connectivity index (χ4n) is 5.10. The van der Waals surface area contributed by atoms with Crippen LogP contribution in [0.1, 0.15) is 34.5 Å². The average Bonchev–Trinajstić information content (AvgIpc) is 3.67. The van der Waals surface area contributed by atoms with E-state index in [1.807, 2.05) is 54.0 Å². The highest BCUT2D eigenvalue weighted by molar-refractivity contribution is 7.19. The molecule has 4 heterocycles. The molecule has 0 saturated carbocycles. The molecule has 1 N–H and O–H groups in total. The lowest BCUT2D eigenvalue weighted by atomic mass is 9.91. The molecule has 0 atom stereocenters. The molecule has 186 valence electrons. The fraction of sp³-hybridized carbons (Fsp3) is 0.269. The Hall–Kier alpha value is -3.99. The van der Waals surface area contributed by atoms with E-state index in [1.54, 1.807) is 6.20 Å². The Kier molecular flexibility index (Phi) is 6.00. The van der Waals surface area contributed by atoms with Crippen molar-refractivity contribution >= 4 is 41.8 Å². The van der Waals surface area contributed by atoms with Gasteiger partial charge in [-0.25, -0.2) is 14.5 Å². The number of aryl methyl sites for hydroxylation is 1. The standard InChI is InChI=1S/C26H25BN6O3S/c1-36-26(35)30-25-29-19-8-7-17-21(16-5-4-10-28-14-16)31-33(22(17)23(19)37-25)20-9-6-15(13-18(20)27)24(34)32-11-2-3-12-32/h4-6,9-10,13-14H,2-3,7-8,11-12,27H2,1H3,(H,29,30,35). The van der Waals surface area contributed by atoms with Crippen LogP contribution < -0.4 is 10.8 Å². The first-order chi connectivity index (χ1) is 18.0. The lowest BCUT2D eigenvalue weighted by molar-refractivity contribution is 0.0793. The molecule has 6 rings (SSSR count). The van der Waals surface area contributed by atoms with Crippen molar-refractivity contribution in [3.8, 4) is 27.5 Å². The number of thiazole rings is 1. The summed E-state index contributed by atoms with van der Waals surface area (Å²) in [5.41, 5.74) is 7.35. The van der Waals surface area contributed by atoms with E-state index in [4.69, 9.17) is 9.84 Å². The smallest absolute Gasteiger partial charge is 0.413 e. The highest BCUT2D eigenvalue weighted by Gasteiger charge is 2.31. The number of likely N-dealkylation sites (tertiary alicyclic amines) is 1. The lowest BCUT2D eigenvalue weighted by Gasteiger charge is -2.18. The number of carbonyl (C=O) groups is 2. The Morgan fingerprint density at radius 2 is 2.00 bits per heavy atom. The molecule has 0 bridgehead atoms. The van der Waals surface area contributed by atoms with Crippen LogP contribution in [-0.4, -0.2) is 64.7 Å². The van der Waals surface area contributed by atoms with E-state index in [1.165, 1.54) is 18.4 Å². The lowest BCUT2D eigenvalue weighted by Crippen LogP contribution is -2.29. The zero-order chi connectivity index (χ0) is 25.5.